The highest BCUT2D eigenvalue weighted by atomic mass is 79.9. The highest BCUT2D eigenvalue weighted by Gasteiger charge is 2.07. The van der Waals surface area contributed by atoms with Crippen molar-refractivity contribution < 1.29 is 4.39 Å². The molecule has 0 aliphatic heterocycles. The number of aromatic nitrogens is 1. The maximum Gasteiger partial charge on any atom is 0.146 e. The molecule has 0 fully saturated rings. The van der Waals surface area contributed by atoms with Crippen LogP contribution in [0.1, 0.15) is 5.69 Å². The van der Waals surface area contributed by atoms with Crippen molar-refractivity contribution in [3.05, 3.63) is 64.5 Å². The maximum atomic E-state index is 13.8. The molecule has 2 aromatic carbocycles. The van der Waals surface area contributed by atoms with Crippen LogP contribution >= 0.6 is 15.9 Å². The number of aryl methyl sites for hydroxylation is 1. The Kier molecular flexibility index (Phi) is 3.40. The second-order valence-electron chi connectivity index (χ2n) is 4.58. The van der Waals surface area contributed by atoms with E-state index >= 15 is 0 Å². The fourth-order valence-corrected chi connectivity index (χ4v) is 2.50. The molecule has 0 unspecified atom stereocenters. The number of benzene rings is 2. The molecule has 0 aliphatic carbocycles. The topological polar surface area (TPSA) is 24.9 Å². The van der Waals surface area contributed by atoms with E-state index in [1.54, 1.807) is 18.2 Å². The fourth-order valence-electron chi connectivity index (χ4n) is 2.14. The Labute approximate surface area is 124 Å². The van der Waals surface area contributed by atoms with Crippen molar-refractivity contribution >= 4 is 38.2 Å². The van der Waals surface area contributed by atoms with Crippen molar-refractivity contribution in [3.8, 4) is 0 Å². The molecule has 1 N–H and O–H groups in total. The molecule has 0 saturated heterocycles. The summed E-state index contributed by atoms with van der Waals surface area (Å²) >= 11 is 3.46. The summed E-state index contributed by atoms with van der Waals surface area (Å²) in [7, 11) is 0. The normalized spacial score (nSPS) is 10.8. The zero-order valence-electron chi connectivity index (χ0n) is 10.8. The van der Waals surface area contributed by atoms with Crippen LogP contribution in [0.25, 0.3) is 10.9 Å². The van der Waals surface area contributed by atoms with Crippen molar-refractivity contribution in [3.63, 3.8) is 0 Å². The molecule has 3 rings (SSSR count). The van der Waals surface area contributed by atoms with Crippen LogP contribution in [0.2, 0.25) is 0 Å². The van der Waals surface area contributed by atoms with Gasteiger partial charge in [0.15, 0.2) is 0 Å². The van der Waals surface area contributed by atoms with Gasteiger partial charge in [-0.15, -0.1) is 0 Å². The van der Waals surface area contributed by atoms with Gasteiger partial charge in [-0.2, -0.15) is 0 Å². The maximum absolute atomic E-state index is 13.8. The standard InChI is InChI=1S/C16H12BrFN2/c1-10-8-16(20-15-5-3-2-4-13(15)18)12-9-11(17)6-7-14(12)19-10/h2-9H,1H3,(H,19,20). The second-order valence-corrected chi connectivity index (χ2v) is 5.49. The molecule has 3 aromatic rings. The van der Waals surface area contributed by atoms with Crippen molar-refractivity contribution in [2.24, 2.45) is 0 Å². The van der Waals surface area contributed by atoms with Crippen LogP contribution in [-0.4, -0.2) is 4.98 Å². The summed E-state index contributed by atoms with van der Waals surface area (Å²) in [6, 6.07) is 14.4. The third-order valence-corrected chi connectivity index (χ3v) is 3.54. The molecule has 0 amide bonds. The molecule has 0 saturated carbocycles. The zero-order valence-corrected chi connectivity index (χ0v) is 12.4. The van der Waals surface area contributed by atoms with Gasteiger partial charge in [0.05, 0.1) is 11.2 Å². The zero-order chi connectivity index (χ0) is 14.1. The fraction of sp³-hybridized carbons (Fsp3) is 0.0625. The average Bonchev–Trinajstić information content (AvgIpc) is 2.42. The highest BCUT2D eigenvalue weighted by Crippen LogP contribution is 2.29. The van der Waals surface area contributed by atoms with Gasteiger partial charge in [-0.05, 0) is 43.3 Å². The van der Waals surface area contributed by atoms with E-state index in [9.17, 15) is 4.39 Å². The predicted octanol–water partition coefficient (Wildman–Crippen LogP) is 5.19. The molecule has 0 bridgehead atoms. The van der Waals surface area contributed by atoms with E-state index in [0.29, 0.717) is 5.69 Å². The number of nitrogens with one attached hydrogen (secondary N) is 1. The molecule has 4 heteroatoms. The monoisotopic (exact) mass is 330 g/mol. The smallest absolute Gasteiger partial charge is 0.146 e. The number of nitrogens with zero attached hydrogens (tertiary/aromatic N) is 1. The van der Waals surface area contributed by atoms with Gasteiger partial charge >= 0.3 is 0 Å². The van der Waals surface area contributed by atoms with Crippen LogP contribution in [0.4, 0.5) is 15.8 Å². The van der Waals surface area contributed by atoms with Crippen molar-refractivity contribution in [1.29, 1.82) is 0 Å². The molecule has 2 nitrogen and oxygen atoms in total. The summed E-state index contributed by atoms with van der Waals surface area (Å²) < 4.78 is 14.7. The summed E-state index contributed by atoms with van der Waals surface area (Å²) in [6.07, 6.45) is 0. The number of rotatable bonds is 2. The number of para-hydroxylation sites is 1. The Morgan fingerprint density at radius 1 is 1.05 bits per heavy atom. The number of hydrogen-bond acceptors (Lipinski definition) is 2. The highest BCUT2D eigenvalue weighted by molar-refractivity contribution is 9.10. The van der Waals surface area contributed by atoms with E-state index < -0.39 is 0 Å². The molecule has 20 heavy (non-hydrogen) atoms. The number of anilines is 2. The summed E-state index contributed by atoms with van der Waals surface area (Å²) in [4.78, 5) is 4.49. The Bertz CT molecular complexity index is 787. The minimum absolute atomic E-state index is 0.273. The summed E-state index contributed by atoms with van der Waals surface area (Å²) in [5, 5.41) is 4.10. The molecule has 100 valence electrons. The molecule has 1 heterocycles. The summed E-state index contributed by atoms with van der Waals surface area (Å²) in [5.41, 5.74) is 3.07. The summed E-state index contributed by atoms with van der Waals surface area (Å²) in [6.45, 7) is 1.92. The van der Waals surface area contributed by atoms with Gasteiger partial charge in [0.2, 0.25) is 0 Å². The van der Waals surface area contributed by atoms with E-state index in [4.69, 9.17) is 0 Å². The van der Waals surface area contributed by atoms with Crippen LogP contribution in [0.5, 0.6) is 0 Å². The number of fused-ring (bicyclic) bond motifs is 1. The first kappa shape index (κ1) is 13.1. The van der Waals surface area contributed by atoms with Crippen molar-refractivity contribution in [2.75, 3.05) is 5.32 Å². The minimum Gasteiger partial charge on any atom is -0.353 e. The Morgan fingerprint density at radius 2 is 1.85 bits per heavy atom. The van der Waals surface area contributed by atoms with Gasteiger partial charge in [-0.25, -0.2) is 4.39 Å². The SMILES string of the molecule is Cc1cc(Nc2ccccc2F)c2cc(Br)ccc2n1. The first-order valence-corrected chi connectivity index (χ1v) is 7.01. The molecule has 0 aliphatic rings. The predicted molar refractivity (Wildman–Crippen MR) is 83.9 cm³/mol. The lowest BCUT2D eigenvalue weighted by molar-refractivity contribution is 0.632. The van der Waals surface area contributed by atoms with Gasteiger partial charge in [0.25, 0.3) is 0 Å². The lowest BCUT2D eigenvalue weighted by atomic mass is 10.1. The van der Waals surface area contributed by atoms with E-state index in [1.165, 1.54) is 6.07 Å². The van der Waals surface area contributed by atoms with Gasteiger partial charge in [0.1, 0.15) is 5.82 Å². The number of pyridine rings is 1. The lowest BCUT2D eigenvalue weighted by Gasteiger charge is -2.11. The minimum atomic E-state index is -0.273. The summed E-state index contributed by atoms with van der Waals surface area (Å²) in [5.74, 6) is -0.273. The van der Waals surface area contributed by atoms with Gasteiger partial charge < -0.3 is 5.32 Å². The second kappa shape index (κ2) is 5.21. The third kappa shape index (κ3) is 2.51. The first-order valence-electron chi connectivity index (χ1n) is 6.22. The van der Waals surface area contributed by atoms with E-state index in [0.717, 1.165) is 26.8 Å². The lowest BCUT2D eigenvalue weighted by Crippen LogP contribution is -1.96. The molecule has 0 atom stereocenters. The van der Waals surface area contributed by atoms with Crippen LogP contribution in [0.3, 0.4) is 0 Å². The molecular weight excluding hydrogens is 319 g/mol. The van der Waals surface area contributed by atoms with Crippen molar-refractivity contribution in [1.82, 2.24) is 4.98 Å². The van der Waals surface area contributed by atoms with Crippen LogP contribution in [0, 0.1) is 12.7 Å². The van der Waals surface area contributed by atoms with E-state index in [2.05, 4.69) is 26.2 Å². The Balaban J connectivity index is 2.15. The van der Waals surface area contributed by atoms with Crippen LogP contribution < -0.4 is 5.32 Å². The Hall–Kier alpha value is -1.94. The van der Waals surface area contributed by atoms with Crippen molar-refractivity contribution in [2.45, 2.75) is 6.92 Å². The number of halogens is 2. The first-order chi connectivity index (χ1) is 9.63. The quantitative estimate of drug-likeness (QED) is 0.699. The molecule has 0 spiro atoms. The van der Waals surface area contributed by atoms with Gasteiger partial charge in [-0.1, -0.05) is 28.1 Å². The van der Waals surface area contributed by atoms with Crippen LogP contribution in [-0.2, 0) is 0 Å². The largest absolute Gasteiger partial charge is 0.353 e. The van der Waals surface area contributed by atoms with Gasteiger partial charge in [-0.3, -0.25) is 4.98 Å². The third-order valence-electron chi connectivity index (χ3n) is 3.04. The van der Waals surface area contributed by atoms with E-state index in [-0.39, 0.29) is 5.82 Å². The molecular formula is C16H12BrFN2. The average molecular weight is 331 g/mol. The number of hydrogen-bond donors (Lipinski definition) is 1. The van der Waals surface area contributed by atoms with E-state index in [1.807, 2.05) is 31.2 Å². The Morgan fingerprint density at radius 3 is 2.65 bits per heavy atom. The van der Waals surface area contributed by atoms with Crippen LogP contribution in [0.15, 0.2) is 53.0 Å². The molecule has 1 aromatic heterocycles. The van der Waals surface area contributed by atoms with Gasteiger partial charge in [0, 0.05) is 21.2 Å². The molecule has 0 radical (unpaired) electrons.